The Bertz CT molecular complexity index is 621. The number of hydrogen-bond donors (Lipinski definition) is 3. The van der Waals surface area contributed by atoms with Crippen LogP contribution < -0.4 is 10.6 Å². The second kappa shape index (κ2) is 6.79. The molecule has 1 amide bonds. The number of phenols is 1. The third kappa shape index (κ3) is 3.99. The molecule has 2 aromatic carbocycles. The van der Waals surface area contributed by atoms with Gasteiger partial charge in [0.25, 0.3) is 0 Å². The van der Waals surface area contributed by atoms with Gasteiger partial charge in [0.05, 0.1) is 0 Å². The van der Waals surface area contributed by atoms with Crippen molar-refractivity contribution < 1.29 is 9.90 Å². The van der Waals surface area contributed by atoms with Crippen LogP contribution in [0.1, 0.15) is 24.5 Å². The number of hydrogen-bond acceptors (Lipinski definition) is 3. The maximum absolute atomic E-state index is 11.3. The van der Waals surface area contributed by atoms with Crippen molar-refractivity contribution in [3.05, 3.63) is 53.6 Å². The molecule has 0 aliphatic carbocycles. The molecule has 0 unspecified atom stereocenters. The van der Waals surface area contributed by atoms with Gasteiger partial charge in [-0.25, -0.2) is 0 Å². The van der Waals surface area contributed by atoms with E-state index in [-0.39, 0.29) is 5.91 Å². The Morgan fingerprint density at radius 3 is 2.43 bits per heavy atom. The molecule has 0 saturated carbocycles. The fourth-order valence-electron chi connectivity index (χ4n) is 1.98. The molecule has 0 spiro atoms. The second-order valence-electron chi connectivity index (χ2n) is 4.92. The normalized spacial score (nSPS) is 10.2. The predicted molar refractivity (Wildman–Crippen MR) is 85.5 cm³/mol. The minimum atomic E-state index is 0.000363. The standard InChI is InChI=1S/C17H20N2O2/c1-3-16(20)19-15-9-7-14(8-10-15)18-11-13-6-4-5-12(2)17(13)21/h4-10,18,21H,3,11H2,1-2H3,(H,19,20). The van der Waals surface area contributed by atoms with Gasteiger partial charge in [-0.15, -0.1) is 0 Å². The number of rotatable bonds is 5. The minimum absolute atomic E-state index is 0.000363. The highest BCUT2D eigenvalue weighted by Gasteiger charge is 2.03. The highest BCUT2D eigenvalue weighted by molar-refractivity contribution is 5.90. The predicted octanol–water partition coefficient (Wildman–Crippen LogP) is 3.66. The van der Waals surface area contributed by atoms with Crippen LogP contribution in [0.4, 0.5) is 11.4 Å². The van der Waals surface area contributed by atoms with Gasteiger partial charge in [-0.2, -0.15) is 0 Å². The molecule has 0 fully saturated rings. The van der Waals surface area contributed by atoms with Gasteiger partial charge in [-0.1, -0.05) is 25.1 Å². The summed E-state index contributed by atoms with van der Waals surface area (Å²) in [5.74, 6) is 0.331. The molecule has 21 heavy (non-hydrogen) atoms. The molecule has 0 heterocycles. The van der Waals surface area contributed by atoms with Crippen LogP contribution in [0.5, 0.6) is 5.75 Å². The van der Waals surface area contributed by atoms with Gasteiger partial charge < -0.3 is 15.7 Å². The van der Waals surface area contributed by atoms with E-state index in [0.29, 0.717) is 18.7 Å². The third-order valence-corrected chi connectivity index (χ3v) is 3.29. The van der Waals surface area contributed by atoms with Crippen molar-refractivity contribution in [2.45, 2.75) is 26.8 Å². The first-order valence-electron chi connectivity index (χ1n) is 7.01. The van der Waals surface area contributed by atoms with E-state index in [1.54, 1.807) is 0 Å². The second-order valence-corrected chi connectivity index (χ2v) is 4.92. The maximum Gasteiger partial charge on any atom is 0.224 e. The summed E-state index contributed by atoms with van der Waals surface area (Å²) in [4.78, 5) is 11.3. The van der Waals surface area contributed by atoms with Crippen LogP contribution in [-0.4, -0.2) is 11.0 Å². The Balaban J connectivity index is 1.97. The first-order valence-corrected chi connectivity index (χ1v) is 7.01. The fraction of sp³-hybridized carbons (Fsp3) is 0.235. The molecule has 110 valence electrons. The number of para-hydroxylation sites is 1. The van der Waals surface area contributed by atoms with Crippen molar-refractivity contribution in [3.8, 4) is 5.75 Å². The van der Waals surface area contributed by atoms with Crippen LogP contribution in [0.2, 0.25) is 0 Å². The van der Waals surface area contributed by atoms with Crippen LogP contribution in [-0.2, 0) is 11.3 Å². The molecule has 0 aliphatic heterocycles. The summed E-state index contributed by atoms with van der Waals surface area (Å²) in [5.41, 5.74) is 3.45. The molecule has 0 atom stereocenters. The number of aryl methyl sites for hydroxylation is 1. The Morgan fingerprint density at radius 2 is 1.76 bits per heavy atom. The van der Waals surface area contributed by atoms with Gasteiger partial charge in [0.2, 0.25) is 5.91 Å². The van der Waals surface area contributed by atoms with E-state index in [2.05, 4.69) is 10.6 Å². The van der Waals surface area contributed by atoms with Gasteiger partial charge in [0.15, 0.2) is 0 Å². The lowest BCUT2D eigenvalue weighted by Gasteiger charge is -2.10. The largest absolute Gasteiger partial charge is 0.507 e. The van der Waals surface area contributed by atoms with E-state index in [1.807, 2.05) is 56.3 Å². The maximum atomic E-state index is 11.3. The summed E-state index contributed by atoms with van der Waals surface area (Å²) >= 11 is 0. The highest BCUT2D eigenvalue weighted by atomic mass is 16.3. The molecule has 0 aliphatic rings. The van der Waals surface area contributed by atoms with E-state index in [9.17, 15) is 9.90 Å². The van der Waals surface area contributed by atoms with Crippen LogP contribution in [0.3, 0.4) is 0 Å². The molecule has 0 radical (unpaired) electrons. The van der Waals surface area contributed by atoms with Crippen LogP contribution >= 0.6 is 0 Å². The van der Waals surface area contributed by atoms with Gasteiger partial charge in [0, 0.05) is 29.9 Å². The first kappa shape index (κ1) is 14.9. The Kier molecular flexibility index (Phi) is 4.82. The number of nitrogens with one attached hydrogen (secondary N) is 2. The van der Waals surface area contributed by atoms with E-state index in [0.717, 1.165) is 22.5 Å². The van der Waals surface area contributed by atoms with Crippen molar-refractivity contribution in [2.75, 3.05) is 10.6 Å². The lowest BCUT2D eigenvalue weighted by molar-refractivity contribution is -0.115. The number of carbonyl (C=O) groups excluding carboxylic acids is 1. The van der Waals surface area contributed by atoms with Gasteiger partial charge in [0.1, 0.15) is 5.75 Å². The Hall–Kier alpha value is -2.49. The molecule has 4 nitrogen and oxygen atoms in total. The van der Waals surface area contributed by atoms with E-state index < -0.39 is 0 Å². The van der Waals surface area contributed by atoms with Crippen molar-refractivity contribution in [1.82, 2.24) is 0 Å². The number of benzene rings is 2. The van der Waals surface area contributed by atoms with Crippen molar-refractivity contribution >= 4 is 17.3 Å². The molecule has 0 aromatic heterocycles. The zero-order chi connectivity index (χ0) is 15.2. The highest BCUT2D eigenvalue weighted by Crippen LogP contribution is 2.22. The van der Waals surface area contributed by atoms with Crippen LogP contribution in [0.25, 0.3) is 0 Å². The number of phenolic OH excluding ortho intramolecular Hbond substituents is 1. The molecule has 2 aromatic rings. The summed E-state index contributed by atoms with van der Waals surface area (Å²) in [7, 11) is 0. The zero-order valence-corrected chi connectivity index (χ0v) is 12.3. The fourth-order valence-corrected chi connectivity index (χ4v) is 1.98. The molecule has 0 saturated heterocycles. The summed E-state index contributed by atoms with van der Waals surface area (Å²) < 4.78 is 0. The monoisotopic (exact) mass is 284 g/mol. The minimum Gasteiger partial charge on any atom is -0.507 e. The first-order chi connectivity index (χ1) is 10.1. The lowest BCUT2D eigenvalue weighted by atomic mass is 10.1. The van der Waals surface area contributed by atoms with Gasteiger partial charge in [-0.3, -0.25) is 4.79 Å². The SMILES string of the molecule is CCC(=O)Nc1ccc(NCc2cccc(C)c2O)cc1. The summed E-state index contributed by atoms with van der Waals surface area (Å²) in [6.45, 7) is 4.25. The van der Waals surface area contributed by atoms with Crippen molar-refractivity contribution in [1.29, 1.82) is 0 Å². The lowest BCUT2D eigenvalue weighted by Crippen LogP contribution is -2.09. The Morgan fingerprint density at radius 1 is 1.10 bits per heavy atom. The summed E-state index contributed by atoms with van der Waals surface area (Å²) in [5, 5.41) is 16.0. The Labute approximate surface area is 124 Å². The smallest absolute Gasteiger partial charge is 0.224 e. The van der Waals surface area contributed by atoms with E-state index in [4.69, 9.17) is 0 Å². The molecule has 2 rings (SSSR count). The third-order valence-electron chi connectivity index (χ3n) is 3.29. The molecule has 3 N–H and O–H groups in total. The number of aromatic hydroxyl groups is 1. The van der Waals surface area contributed by atoms with Crippen LogP contribution in [0.15, 0.2) is 42.5 Å². The molecule has 4 heteroatoms. The average molecular weight is 284 g/mol. The van der Waals surface area contributed by atoms with E-state index >= 15 is 0 Å². The zero-order valence-electron chi connectivity index (χ0n) is 12.3. The summed E-state index contributed by atoms with van der Waals surface area (Å²) in [6.07, 6.45) is 0.465. The van der Waals surface area contributed by atoms with Crippen molar-refractivity contribution in [3.63, 3.8) is 0 Å². The quantitative estimate of drug-likeness (QED) is 0.785. The number of anilines is 2. The molecular weight excluding hydrogens is 264 g/mol. The van der Waals surface area contributed by atoms with Crippen LogP contribution in [0, 0.1) is 6.92 Å². The summed E-state index contributed by atoms with van der Waals surface area (Å²) in [6, 6.07) is 13.2. The van der Waals surface area contributed by atoms with E-state index in [1.165, 1.54) is 0 Å². The number of carbonyl (C=O) groups is 1. The van der Waals surface area contributed by atoms with Gasteiger partial charge >= 0.3 is 0 Å². The van der Waals surface area contributed by atoms with Crippen molar-refractivity contribution in [2.24, 2.45) is 0 Å². The average Bonchev–Trinajstić information content (AvgIpc) is 2.50. The molecular formula is C17H20N2O2. The topological polar surface area (TPSA) is 61.4 Å². The number of amides is 1. The molecule has 0 bridgehead atoms. The van der Waals surface area contributed by atoms with Gasteiger partial charge in [-0.05, 0) is 36.8 Å².